The van der Waals surface area contributed by atoms with E-state index in [0.29, 0.717) is 0 Å². The molecular formula is C53H36N2S2. The summed E-state index contributed by atoms with van der Waals surface area (Å²) in [6.07, 6.45) is 0. The minimum atomic E-state index is -0.0507. The summed E-state index contributed by atoms with van der Waals surface area (Å²) in [5.74, 6) is 0. The topological polar surface area (TPSA) is 25.8 Å². The van der Waals surface area contributed by atoms with Crippen LogP contribution in [0, 0.1) is 0 Å². The summed E-state index contributed by atoms with van der Waals surface area (Å²) in [5.41, 5.74) is 19.3. The molecule has 8 aromatic carbocycles. The molecular weight excluding hydrogens is 729 g/mol. The Bertz CT molecular complexity index is 3020. The average Bonchev–Trinajstić information content (AvgIpc) is 3.96. The van der Waals surface area contributed by atoms with Gasteiger partial charge < -0.3 is 0 Å². The number of hydrogen-bond donors (Lipinski definition) is 0. The largest absolute Gasteiger partial charge is 0.236 e. The van der Waals surface area contributed by atoms with Gasteiger partial charge in [0.2, 0.25) is 0 Å². The van der Waals surface area contributed by atoms with Crippen LogP contribution in [0.4, 0.5) is 0 Å². The van der Waals surface area contributed by atoms with Crippen molar-refractivity contribution >= 4 is 43.1 Å². The lowest BCUT2D eigenvalue weighted by atomic mass is 9.81. The monoisotopic (exact) mass is 764 g/mol. The second kappa shape index (κ2) is 13.3. The van der Waals surface area contributed by atoms with Crippen LogP contribution in [0.2, 0.25) is 0 Å². The van der Waals surface area contributed by atoms with Gasteiger partial charge in [-0.2, -0.15) is 0 Å². The lowest BCUT2D eigenvalue weighted by molar-refractivity contribution is 0.660. The van der Waals surface area contributed by atoms with Gasteiger partial charge in [-0.15, -0.1) is 22.7 Å². The first-order chi connectivity index (χ1) is 27.9. The molecule has 2 nitrogen and oxygen atoms in total. The molecule has 0 saturated heterocycles. The molecule has 4 heteroatoms. The molecule has 57 heavy (non-hydrogen) atoms. The summed E-state index contributed by atoms with van der Waals surface area (Å²) in [6, 6.07) is 66.3. The Morgan fingerprint density at radius 1 is 0.333 bits per heavy atom. The molecule has 0 saturated carbocycles. The molecule has 11 rings (SSSR count). The zero-order valence-electron chi connectivity index (χ0n) is 31.5. The number of aromatic nitrogens is 2. The standard InChI is InChI=1S/C53H36N2S2/c1-53(2)45-19-10-9-18-43(45)44-23-20-37(30-46(44)53)35-16-11-17-36(26-35)40-27-41(38-21-24-47-49(31-38)56-51(54-47)33-12-5-3-6-13-33)29-42(28-40)39-22-25-48-50(32-39)57-52(55-48)34-14-7-4-8-15-34/h3-32H,1-2H3. The van der Waals surface area contributed by atoms with Crippen molar-refractivity contribution in [3.8, 4) is 76.8 Å². The number of thiazole rings is 2. The van der Waals surface area contributed by atoms with Gasteiger partial charge in [-0.25, -0.2) is 9.97 Å². The van der Waals surface area contributed by atoms with Crippen LogP contribution in [0.25, 0.3) is 97.2 Å². The zero-order chi connectivity index (χ0) is 38.1. The number of benzene rings is 8. The van der Waals surface area contributed by atoms with E-state index < -0.39 is 0 Å². The summed E-state index contributed by atoms with van der Waals surface area (Å²) in [4.78, 5) is 9.99. The van der Waals surface area contributed by atoms with Crippen LogP contribution in [-0.4, -0.2) is 9.97 Å². The van der Waals surface area contributed by atoms with Crippen molar-refractivity contribution in [1.29, 1.82) is 0 Å². The van der Waals surface area contributed by atoms with Gasteiger partial charge >= 0.3 is 0 Å². The van der Waals surface area contributed by atoms with Crippen LogP contribution in [0.15, 0.2) is 182 Å². The lowest BCUT2D eigenvalue weighted by Crippen LogP contribution is -2.14. The third-order valence-corrected chi connectivity index (χ3v) is 13.7. The molecule has 0 N–H and O–H groups in total. The third-order valence-electron chi connectivity index (χ3n) is 11.5. The quantitative estimate of drug-likeness (QED) is 0.168. The molecule has 0 amide bonds. The molecule has 1 aliphatic rings. The van der Waals surface area contributed by atoms with Gasteiger partial charge in [-0.05, 0) is 121 Å². The van der Waals surface area contributed by atoms with Gasteiger partial charge in [0.05, 0.1) is 20.4 Å². The van der Waals surface area contributed by atoms with Crippen LogP contribution >= 0.6 is 22.7 Å². The minimum absolute atomic E-state index is 0.0507. The van der Waals surface area contributed by atoms with Gasteiger partial charge in [-0.3, -0.25) is 0 Å². The summed E-state index contributed by atoms with van der Waals surface area (Å²) in [5, 5.41) is 2.08. The molecule has 2 heterocycles. The fourth-order valence-corrected chi connectivity index (χ4v) is 10.5. The van der Waals surface area contributed by atoms with Crippen molar-refractivity contribution in [3.63, 3.8) is 0 Å². The molecule has 0 fully saturated rings. The van der Waals surface area contributed by atoms with E-state index in [2.05, 4.69) is 196 Å². The van der Waals surface area contributed by atoms with Gasteiger partial charge in [0, 0.05) is 16.5 Å². The second-order valence-electron chi connectivity index (χ2n) is 15.4. The summed E-state index contributed by atoms with van der Waals surface area (Å²) >= 11 is 3.50. The molecule has 0 radical (unpaired) electrons. The first kappa shape index (κ1) is 33.8. The van der Waals surface area contributed by atoms with Crippen molar-refractivity contribution in [2.75, 3.05) is 0 Å². The van der Waals surface area contributed by atoms with E-state index in [-0.39, 0.29) is 5.41 Å². The van der Waals surface area contributed by atoms with Crippen LogP contribution in [0.1, 0.15) is 25.0 Å². The number of fused-ring (bicyclic) bond motifs is 5. The minimum Gasteiger partial charge on any atom is -0.236 e. The highest BCUT2D eigenvalue weighted by atomic mass is 32.1. The van der Waals surface area contributed by atoms with Crippen LogP contribution < -0.4 is 0 Å². The van der Waals surface area contributed by atoms with Crippen LogP contribution in [0.3, 0.4) is 0 Å². The maximum absolute atomic E-state index is 5.00. The number of nitrogens with zero attached hydrogens (tertiary/aromatic N) is 2. The predicted molar refractivity (Wildman–Crippen MR) is 243 cm³/mol. The highest BCUT2D eigenvalue weighted by Crippen LogP contribution is 2.49. The van der Waals surface area contributed by atoms with E-state index in [4.69, 9.17) is 9.97 Å². The second-order valence-corrected chi connectivity index (χ2v) is 17.5. The Hall–Kier alpha value is -6.46. The summed E-state index contributed by atoms with van der Waals surface area (Å²) in [6.45, 7) is 4.70. The van der Waals surface area contributed by atoms with Crippen molar-refractivity contribution in [2.45, 2.75) is 19.3 Å². The van der Waals surface area contributed by atoms with E-state index in [9.17, 15) is 0 Å². The molecule has 0 atom stereocenters. The van der Waals surface area contributed by atoms with Crippen LogP contribution in [-0.2, 0) is 5.41 Å². The maximum atomic E-state index is 5.00. The smallest absolute Gasteiger partial charge is 0.124 e. The molecule has 2 aromatic heterocycles. The van der Waals surface area contributed by atoms with Crippen molar-refractivity contribution in [1.82, 2.24) is 9.97 Å². The lowest BCUT2D eigenvalue weighted by Gasteiger charge is -2.22. The normalized spacial score (nSPS) is 12.9. The Morgan fingerprint density at radius 3 is 1.33 bits per heavy atom. The van der Waals surface area contributed by atoms with E-state index in [1.165, 1.54) is 76.2 Å². The number of hydrogen-bond acceptors (Lipinski definition) is 4. The Kier molecular flexibility index (Phi) is 7.92. The van der Waals surface area contributed by atoms with Gasteiger partial charge in [-0.1, -0.05) is 141 Å². The van der Waals surface area contributed by atoms with E-state index in [0.717, 1.165) is 32.2 Å². The average molecular weight is 765 g/mol. The van der Waals surface area contributed by atoms with E-state index in [1.54, 1.807) is 22.7 Å². The molecule has 1 aliphatic carbocycles. The maximum Gasteiger partial charge on any atom is 0.124 e. The molecule has 0 spiro atoms. The highest BCUT2D eigenvalue weighted by Gasteiger charge is 2.35. The summed E-state index contributed by atoms with van der Waals surface area (Å²) < 4.78 is 2.36. The summed E-state index contributed by atoms with van der Waals surface area (Å²) in [7, 11) is 0. The highest BCUT2D eigenvalue weighted by molar-refractivity contribution is 7.22. The molecule has 270 valence electrons. The number of rotatable bonds is 6. The van der Waals surface area contributed by atoms with E-state index in [1.807, 2.05) is 0 Å². The van der Waals surface area contributed by atoms with Crippen LogP contribution in [0.5, 0.6) is 0 Å². The molecule has 0 bridgehead atoms. The van der Waals surface area contributed by atoms with Crippen molar-refractivity contribution in [2.24, 2.45) is 0 Å². The predicted octanol–water partition coefficient (Wildman–Crippen LogP) is 15.2. The zero-order valence-corrected chi connectivity index (χ0v) is 33.2. The van der Waals surface area contributed by atoms with Gasteiger partial charge in [0.1, 0.15) is 10.0 Å². The Labute approximate surface area is 340 Å². The fraction of sp³-hybridized carbons (Fsp3) is 0.0566. The van der Waals surface area contributed by atoms with E-state index >= 15 is 0 Å². The van der Waals surface area contributed by atoms with Gasteiger partial charge in [0.15, 0.2) is 0 Å². The first-order valence-electron chi connectivity index (χ1n) is 19.4. The molecule has 0 aliphatic heterocycles. The fourth-order valence-electron chi connectivity index (χ4n) is 8.51. The van der Waals surface area contributed by atoms with Crippen molar-refractivity contribution in [3.05, 3.63) is 193 Å². The Balaban J connectivity index is 1.03. The van der Waals surface area contributed by atoms with Gasteiger partial charge in [0.25, 0.3) is 0 Å². The SMILES string of the molecule is CC1(C)c2ccccc2-c2ccc(-c3cccc(-c4cc(-c5ccc6nc(-c7ccccc7)sc6c5)cc(-c5ccc6nc(-c7ccccc7)sc6c5)c4)c3)cc21. The Morgan fingerprint density at radius 2 is 0.754 bits per heavy atom. The molecule has 0 unspecified atom stereocenters. The first-order valence-corrected chi connectivity index (χ1v) is 21.0. The molecule has 10 aromatic rings. The third kappa shape index (κ3) is 5.92. The van der Waals surface area contributed by atoms with Crippen molar-refractivity contribution < 1.29 is 0 Å².